The molecular weight excluding hydrogens is 919 g/mol. The van der Waals surface area contributed by atoms with E-state index < -0.39 is 23.5 Å². The lowest BCUT2D eigenvalue weighted by atomic mass is 9.93. The molecular formula is C60H34F6N6. The molecule has 3 aromatic heterocycles. The quantitative estimate of drug-likeness (QED) is 0.149. The van der Waals surface area contributed by atoms with Crippen LogP contribution in [0, 0.1) is 11.3 Å². The van der Waals surface area contributed by atoms with Crippen molar-refractivity contribution < 1.29 is 26.3 Å². The zero-order valence-electron chi connectivity index (χ0n) is 37.6. The first kappa shape index (κ1) is 43.9. The number of alkyl halides is 6. The van der Waals surface area contributed by atoms with Gasteiger partial charge in [-0.15, -0.1) is 0 Å². The van der Waals surface area contributed by atoms with Gasteiger partial charge in [-0.25, -0.2) is 15.0 Å². The Balaban J connectivity index is 1.19. The highest BCUT2D eigenvalue weighted by atomic mass is 19.4. The first-order chi connectivity index (χ1) is 34.9. The van der Waals surface area contributed by atoms with Crippen molar-refractivity contribution in [2.75, 3.05) is 0 Å². The predicted molar refractivity (Wildman–Crippen MR) is 270 cm³/mol. The zero-order chi connectivity index (χ0) is 49.3. The number of fused-ring (bicyclic) bond motifs is 6. The fourth-order valence-electron chi connectivity index (χ4n) is 9.79. The first-order valence-electron chi connectivity index (χ1n) is 22.8. The Morgan fingerprint density at radius 3 is 1.28 bits per heavy atom. The maximum Gasteiger partial charge on any atom is 0.416 e. The van der Waals surface area contributed by atoms with Crippen molar-refractivity contribution >= 4 is 43.6 Å². The monoisotopic (exact) mass is 952 g/mol. The molecule has 9 aromatic carbocycles. The number of nitrogens with zero attached hydrogens (tertiary/aromatic N) is 6. The molecule has 0 radical (unpaired) electrons. The molecule has 0 unspecified atom stereocenters. The second-order valence-electron chi connectivity index (χ2n) is 17.3. The zero-order valence-corrected chi connectivity index (χ0v) is 37.6. The summed E-state index contributed by atoms with van der Waals surface area (Å²) in [6.45, 7) is 0. The minimum Gasteiger partial charge on any atom is -0.309 e. The number of rotatable bonds is 7. The number of aromatic nitrogens is 5. The van der Waals surface area contributed by atoms with E-state index >= 15 is 0 Å². The van der Waals surface area contributed by atoms with Gasteiger partial charge >= 0.3 is 12.4 Å². The number of benzene rings is 9. The lowest BCUT2D eigenvalue weighted by Gasteiger charge is -2.19. The lowest BCUT2D eigenvalue weighted by Crippen LogP contribution is -2.05. The van der Waals surface area contributed by atoms with E-state index in [0.717, 1.165) is 23.3 Å². The molecule has 0 saturated carbocycles. The van der Waals surface area contributed by atoms with Crippen molar-refractivity contribution in [1.29, 1.82) is 5.26 Å². The SMILES string of the molecule is N#Cc1ccccc1-c1ccc(-n2c3ccccc3c3cc(C(F)(F)F)ccc32)c(-c2ccc(-n3c4ccccc4c4cc(C(F)(F)F)ccc43)c(-c3nc(-c4ccccc4)nc(-c4ccccc4)n3)c2)c1. The Labute approximate surface area is 407 Å². The standard InChI is InChI=1S/C60H34F6N6/c61-59(62,63)41-25-29-53-47(33-41)44-19-9-11-21-50(44)71(53)52-27-23-38(43-18-8-7-17-40(43)35-67)31-46(52)39-24-28-55(72-51-22-12-10-20-45(51)48-34-42(60(64,65)66)26-30-54(48)72)49(32-39)58-69-56(36-13-3-1-4-14-36)68-57(70-58)37-15-5-2-6-16-37/h1-34H. The average molecular weight is 953 g/mol. The molecule has 0 saturated heterocycles. The molecule has 0 aliphatic rings. The van der Waals surface area contributed by atoms with E-state index in [1.54, 1.807) is 36.4 Å². The van der Waals surface area contributed by atoms with Crippen molar-refractivity contribution in [2.24, 2.45) is 0 Å². The van der Waals surface area contributed by atoms with Crippen LogP contribution in [0.5, 0.6) is 0 Å². The topological polar surface area (TPSA) is 72.3 Å². The van der Waals surface area contributed by atoms with Crippen molar-refractivity contribution in [1.82, 2.24) is 24.1 Å². The molecule has 3 heterocycles. The highest BCUT2D eigenvalue weighted by molar-refractivity contribution is 6.11. The largest absolute Gasteiger partial charge is 0.416 e. The Kier molecular flexibility index (Phi) is 10.3. The van der Waals surface area contributed by atoms with Gasteiger partial charge in [-0.3, -0.25) is 0 Å². The second kappa shape index (κ2) is 17.0. The van der Waals surface area contributed by atoms with Gasteiger partial charge in [0.25, 0.3) is 0 Å². The predicted octanol–water partition coefficient (Wildman–Crippen LogP) is 16.3. The molecule has 12 rings (SSSR count). The summed E-state index contributed by atoms with van der Waals surface area (Å²) < 4.78 is 89.8. The third-order valence-electron chi connectivity index (χ3n) is 13.1. The highest BCUT2D eigenvalue weighted by Crippen LogP contribution is 2.44. The highest BCUT2D eigenvalue weighted by Gasteiger charge is 2.33. The molecule has 12 heteroatoms. The van der Waals surface area contributed by atoms with Gasteiger partial charge in [0.15, 0.2) is 17.5 Å². The van der Waals surface area contributed by atoms with Gasteiger partial charge in [-0.05, 0) is 95.6 Å². The lowest BCUT2D eigenvalue weighted by molar-refractivity contribution is -0.138. The molecule has 12 aromatic rings. The number of hydrogen-bond acceptors (Lipinski definition) is 4. The molecule has 6 nitrogen and oxygen atoms in total. The van der Waals surface area contributed by atoms with E-state index in [9.17, 15) is 31.6 Å². The fraction of sp³-hybridized carbons (Fsp3) is 0.0333. The summed E-state index contributed by atoms with van der Waals surface area (Å²) in [5, 5.41) is 12.3. The maximum atomic E-state index is 14.4. The normalized spacial score (nSPS) is 12.0. The van der Waals surface area contributed by atoms with Gasteiger partial charge in [-0.2, -0.15) is 31.6 Å². The number of nitriles is 1. The molecule has 0 aliphatic carbocycles. The van der Waals surface area contributed by atoms with Gasteiger partial charge in [0.1, 0.15) is 0 Å². The van der Waals surface area contributed by atoms with Gasteiger partial charge in [0.2, 0.25) is 0 Å². The van der Waals surface area contributed by atoms with Gasteiger partial charge in [-0.1, -0.05) is 127 Å². The Morgan fingerprint density at radius 2 is 0.764 bits per heavy atom. The summed E-state index contributed by atoms with van der Waals surface area (Å²) >= 11 is 0. The summed E-state index contributed by atoms with van der Waals surface area (Å²) in [6, 6.07) is 62.1. The van der Waals surface area contributed by atoms with Crippen molar-refractivity contribution in [2.45, 2.75) is 12.4 Å². The molecule has 0 spiro atoms. The van der Waals surface area contributed by atoms with Crippen LogP contribution in [-0.2, 0) is 12.4 Å². The van der Waals surface area contributed by atoms with E-state index in [-0.39, 0.29) is 5.82 Å². The van der Waals surface area contributed by atoms with E-state index in [2.05, 4.69) is 6.07 Å². The minimum atomic E-state index is -4.59. The van der Waals surface area contributed by atoms with Crippen LogP contribution in [0.4, 0.5) is 26.3 Å². The third kappa shape index (κ3) is 7.50. The van der Waals surface area contributed by atoms with E-state index in [4.69, 9.17) is 15.0 Å². The van der Waals surface area contributed by atoms with Crippen LogP contribution in [0.2, 0.25) is 0 Å². The molecule has 0 atom stereocenters. The van der Waals surface area contributed by atoms with Crippen LogP contribution >= 0.6 is 0 Å². The smallest absolute Gasteiger partial charge is 0.309 e. The molecule has 0 amide bonds. The minimum absolute atomic E-state index is 0.265. The Morgan fingerprint density at radius 1 is 0.347 bits per heavy atom. The summed E-state index contributed by atoms with van der Waals surface area (Å²) in [6.07, 6.45) is -9.17. The first-order valence-corrected chi connectivity index (χ1v) is 22.8. The fourth-order valence-corrected chi connectivity index (χ4v) is 9.79. The molecule has 346 valence electrons. The van der Waals surface area contributed by atoms with Crippen LogP contribution in [0.25, 0.3) is 111 Å². The number of halogens is 6. The van der Waals surface area contributed by atoms with Crippen molar-refractivity contribution in [3.8, 4) is 73.9 Å². The molecule has 72 heavy (non-hydrogen) atoms. The van der Waals surface area contributed by atoms with Crippen LogP contribution < -0.4 is 0 Å². The average Bonchev–Trinajstić information content (AvgIpc) is 3.92. The van der Waals surface area contributed by atoms with Gasteiger partial charge in [0, 0.05) is 43.8 Å². The van der Waals surface area contributed by atoms with Crippen LogP contribution in [0.3, 0.4) is 0 Å². The maximum absolute atomic E-state index is 14.4. The summed E-state index contributed by atoms with van der Waals surface area (Å²) in [7, 11) is 0. The molecule has 0 N–H and O–H groups in total. The van der Waals surface area contributed by atoms with Gasteiger partial charge in [0.05, 0.1) is 56.2 Å². The van der Waals surface area contributed by atoms with Gasteiger partial charge < -0.3 is 9.13 Å². The Hall–Kier alpha value is -9.34. The third-order valence-corrected chi connectivity index (χ3v) is 13.1. The van der Waals surface area contributed by atoms with Crippen LogP contribution in [-0.4, -0.2) is 24.1 Å². The number of hydrogen-bond donors (Lipinski definition) is 0. The summed E-state index contributed by atoms with van der Waals surface area (Å²) in [4.78, 5) is 15.3. The van der Waals surface area contributed by atoms with Crippen LogP contribution in [0.15, 0.2) is 206 Å². The van der Waals surface area contributed by atoms with E-state index in [0.29, 0.717) is 100 Å². The van der Waals surface area contributed by atoms with Crippen molar-refractivity contribution in [3.05, 3.63) is 223 Å². The summed E-state index contributed by atoms with van der Waals surface area (Å²) in [5.74, 6) is 1.03. The molecule has 0 fully saturated rings. The second-order valence-corrected chi connectivity index (χ2v) is 17.3. The molecule has 0 bridgehead atoms. The molecule has 0 aliphatic heterocycles. The number of para-hydroxylation sites is 2. The summed E-state index contributed by atoms with van der Waals surface area (Å²) in [5.41, 5.74) is 7.02. The van der Waals surface area contributed by atoms with Crippen molar-refractivity contribution in [3.63, 3.8) is 0 Å². The Bertz CT molecular complexity index is 4090. The van der Waals surface area contributed by atoms with E-state index in [1.807, 2.05) is 143 Å². The van der Waals surface area contributed by atoms with E-state index in [1.165, 1.54) is 24.3 Å². The van der Waals surface area contributed by atoms with Crippen LogP contribution in [0.1, 0.15) is 16.7 Å².